The van der Waals surface area contributed by atoms with Crippen LogP contribution >= 0.6 is 0 Å². The van der Waals surface area contributed by atoms with E-state index < -0.39 is 5.91 Å². The molecule has 0 unspecified atom stereocenters. The quantitative estimate of drug-likeness (QED) is 0.869. The Labute approximate surface area is 100 Å². The Bertz CT molecular complexity index is 558. The molecule has 0 saturated carbocycles. The Balaban J connectivity index is 2.25. The molecule has 1 amide bonds. The molecular formula is C13H15N3O. The molecule has 0 radical (unpaired) electrons. The maximum Gasteiger partial charge on any atom is 0.248 e. The highest BCUT2D eigenvalue weighted by Gasteiger charge is 2.05. The highest BCUT2D eigenvalue weighted by atomic mass is 16.1. The highest BCUT2D eigenvalue weighted by Crippen LogP contribution is 2.12. The molecule has 0 aliphatic heterocycles. The lowest BCUT2D eigenvalue weighted by molar-refractivity contribution is 0.1000. The lowest BCUT2D eigenvalue weighted by atomic mass is 10.0. The van der Waals surface area contributed by atoms with Crippen molar-refractivity contribution < 1.29 is 4.79 Å². The van der Waals surface area contributed by atoms with Gasteiger partial charge in [-0.15, -0.1) is 0 Å². The van der Waals surface area contributed by atoms with Crippen LogP contribution in [0.5, 0.6) is 0 Å². The van der Waals surface area contributed by atoms with E-state index in [1.807, 2.05) is 42.9 Å². The zero-order chi connectivity index (χ0) is 12.4. The standard InChI is InChI=1S/C13H15N3O/c1-9-7-11(13(14)17)3-4-12(9)8-16-6-5-10(2)15-16/h3-7H,8H2,1-2H3,(H2,14,17). The molecule has 2 aromatic rings. The zero-order valence-electron chi connectivity index (χ0n) is 9.97. The number of hydrogen-bond acceptors (Lipinski definition) is 2. The molecule has 2 N–H and O–H groups in total. The van der Waals surface area contributed by atoms with Gasteiger partial charge in [-0.25, -0.2) is 0 Å². The van der Waals surface area contributed by atoms with Crippen molar-refractivity contribution in [2.45, 2.75) is 20.4 Å². The predicted octanol–water partition coefficient (Wildman–Crippen LogP) is 1.65. The first kappa shape index (κ1) is 11.4. The average molecular weight is 229 g/mol. The van der Waals surface area contributed by atoms with Crippen LogP contribution in [-0.4, -0.2) is 15.7 Å². The lowest BCUT2D eigenvalue weighted by Crippen LogP contribution is -2.12. The van der Waals surface area contributed by atoms with Crippen LogP contribution in [0, 0.1) is 13.8 Å². The minimum atomic E-state index is -0.394. The van der Waals surface area contributed by atoms with Crippen LogP contribution in [-0.2, 0) is 6.54 Å². The molecular weight excluding hydrogens is 214 g/mol. The summed E-state index contributed by atoms with van der Waals surface area (Å²) in [5, 5.41) is 4.33. The third-order valence-corrected chi connectivity index (χ3v) is 2.73. The molecule has 1 aromatic carbocycles. The van der Waals surface area contributed by atoms with Gasteiger partial charge in [-0.3, -0.25) is 9.48 Å². The van der Waals surface area contributed by atoms with Gasteiger partial charge in [-0.05, 0) is 43.2 Å². The molecule has 0 aliphatic carbocycles. The second kappa shape index (κ2) is 4.41. The van der Waals surface area contributed by atoms with E-state index in [9.17, 15) is 4.79 Å². The number of nitrogens with two attached hydrogens (primary N) is 1. The molecule has 4 heteroatoms. The van der Waals surface area contributed by atoms with Crippen molar-refractivity contribution in [2.24, 2.45) is 5.73 Å². The Morgan fingerprint density at radius 3 is 2.65 bits per heavy atom. The summed E-state index contributed by atoms with van der Waals surface area (Å²) in [6.07, 6.45) is 1.94. The van der Waals surface area contributed by atoms with Crippen LogP contribution in [0.25, 0.3) is 0 Å². The van der Waals surface area contributed by atoms with Crippen molar-refractivity contribution in [1.29, 1.82) is 0 Å². The second-order valence-electron chi connectivity index (χ2n) is 4.16. The zero-order valence-corrected chi connectivity index (χ0v) is 9.97. The summed E-state index contributed by atoms with van der Waals surface area (Å²) >= 11 is 0. The predicted molar refractivity (Wildman–Crippen MR) is 65.8 cm³/mol. The smallest absolute Gasteiger partial charge is 0.248 e. The maximum atomic E-state index is 11.0. The van der Waals surface area contributed by atoms with E-state index in [1.165, 1.54) is 0 Å². The summed E-state index contributed by atoms with van der Waals surface area (Å²) in [5.41, 5.74) is 8.96. The number of carbonyl (C=O) groups excluding carboxylic acids is 1. The number of hydrogen-bond donors (Lipinski definition) is 1. The van der Waals surface area contributed by atoms with Gasteiger partial charge in [0.25, 0.3) is 0 Å². The number of rotatable bonds is 3. The molecule has 0 saturated heterocycles. The first-order valence-corrected chi connectivity index (χ1v) is 5.45. The van der Waals surface area contributed by atoms with E-state index in [0.29, 0.717) is 12.1 Å². The van der Waals surface area contributed by atoms with E-state index in [0.717, 1.165) is 16.8 Å². The van der Waals surface area contributed by atoms with Gasteiger partial charge >= 0.3 is 0 Å². The maximum absolute atomic E-state index is 11.0. The third-order valence-electron chi connectivity index (χ3n) is 2.73. The van der Waals surface area contributed by atoms with E-state index in [-0.39, 0.29) is 0 Å². The van der Waals surface area contributed by atoms with E-state index in [2.05, 4.69) is 5.10 Å². The summed E-state index contributed by atoms with van der Waals surface area (Å²) in [6, 6.07) is 7.45. The molecule has 2 rings (SSSR count). The molecule has 1 aromatic heterocycles. The summed E-state index contributed by atoms with van der Waals surface area (Å²) in [7, 11) is 0. The molecule has 0 bridgehead atoms. The molecule has 4 nitrogen and oxygen atoms in total. The van der Waals surface area contributed by atoms with Gasteiger partial charge in [0.05, 0.1) is 12.2 Å². The van der Waals surface area contributed by atoms with Crippen LogP contribution < -0.4 is 5.73 Å². The van der Waals surface area contributed by atoms with Crippen LogP contribution in [0.4, 0.5) is 0 Å². The first-order chi connectivity index (χ1) is 8.06. The Morgan fingerprint density at radius 2 is 2.12 bits per heavy atom. The fraction of sp³-hybridized carbons (Fsp3) is 0.231. The third kappa shape index (κ3) is 2.53. The highest BCUT2D eigenvalue weighted by molar-refractivity contribution is 5.93. The van der Waals surface area contributed by atoms with Crippen molar-refractivity contribution in [2.75, 3.05) is 0 Å². The second-order valence-corrected chi connectivity index (χ2v) is 4.16. The lowest BCUT2D eigenvalue weighted by Gasteiger charge is -2.07. The van der Waals surface area contributed by atoms with Crippen molar-refractivity contribution in [1.82, 2.24) is 9.78 Å². The molecule has 88 valence electrons. The van der Waals surface area contributed by atoms with Crippen LogP contribution in [0.1, 0.15) is 27.2 Å². The van der Waals surface area contributed by atoms with Crippen LogP contribution in [0.3, 0.4) is 0 Å². The van der Waals surface area contributed by atoms with Crippen LogP contribution in [0.2, 0.25) is 0 Å². The molecule has 17 heavy (non-hydrogen) atoms. The van der Waals surface area contributed by atoms with Gasteiger partial charge in [0.1, 0.15) is 0 Å². The van der Waals surface area contributed by atoms with Crippen molar-refractivity contribution in [3.63, 3.8) is 0 Å². The van der Waals surface area contributed by atoms with Gasteiger partial charge in [-0.1, -0.05) is 6.07 Å². The summed E-state index contributed by atoms with van der Waals surface area (Å²) in [6.45, 7) is 4.64. The van der Waals surface area contributed by atoms with Crippen LogP contribution in [0.15, 0.2) is 30.5 Å². The van der Waals surface area contributed by atoms with Crippen molar-refractivity contribution in [3.05, 3.63) is 52.8 Å². The van der Waals surface area contributed by atoms with E-state index in [1.54, 1.807) is 6.07 Å². The average Bonchev–Trinajstić information content (AvgIpc) is 2.67. The largest absolute Gasteiger partial charge is 0.366 e. The Kier molecular flexibility index (Phi) is 2.95. The summed E-state index contributed by atoms with van der Waals surface area (Å²) < 4.78 is 1.88. The van der Waals surface area contributed by atoms with Crippen molar-refractivity contribution in [3.8, 4) is 0 Å². The molecule has 0 aliphatic rings. The summed E-state index contributed by atoms with van der Waals surface area (Å²) in [4.78, 5) is 11.0. The van der Waals surface area contributed by atoms with Gasteiger partial charge in [-0.2, -0.15) is 5.10 Å². The number of benzene rings is 1. The van der Waals surface area contributed by atoms with Gasteiger partial charge in [0.15, 0.2) is 0 Å². The summed E-state index contributed by atoms with van der Waals surface area (Å²) in [5.74, 6) is -0.394. The number of aromatic nitrogens is 2. The monoisotopic (exact) mass is 229 g/mol. The molecule has 0 fully saturated rings. The minimum absolute atomic E-state index is 0.394. The van der Waals surface area contributed by atoms with Gasteiger partial charge in [0, 0.05) is 11.8 Å². The molecule has 1 heterocycles. The topological polar surface area (TPSA) is 60.9 Å². The Hall–Kier alpha value is -2.10. The van der Waals surface area contributed by atoms with Gasteiger partial charge in [0.2, 0.25) is 5.91 Å². The fourth-order valence-corrected chi connectivity index (χ4v) is 1.75. The van der Waals surface area contributed by atoms with E-state index in [4.69, 9.17) is 5.73 Å². The number of amides is 1. The molecule has 0 spiro atoms. The number of nitrogens with zero attached hydrogens (tertiary/aromatic N) is 2. The number of primary amides is 1. The SMILES string of the molecule is Cc1ccn(Cc2ccc(C(N)=O)cc2C)n1. The normalized spacial score (nSPS) is 10.5. The van der Waals surface area contributed by atoms with E-state index >= 15 is 0 Å². The number of aryl methyl sites for hydroxylation is 2. The molecule has 0 atom stereocenters. The minimum Gasteiger partial charge on any atom is -0.366 e. The first-order valence-electron chi connectivity index (χ1n) is 5.45. The number of carbonyl (C=O) groups is 1. The van der Waals surface area contributed by atoms with Gasteiger partial charge < -0.3 is 5.73 Å². The van der Waals surface area contributed by atoms with Crippen molar-refractivity contribution >= 4 is 5.91 Å². The Morgan fingerprint density at radius 1 is 1.35 bits per heavy atom. The fourth-order valence-electron chi connectivity index (χ4n) is 1.75.